The van der Waals surface area contributed by atoms with Crippen LogP contribution in [0, 0.1) is 0 Å². The molecule has 0 amide bonds. The molecule has 10 heavy (non-hydrogen) atoms. The molecule has 0 aliphatic carbocycles. The number of hydrogen-bond donors (Lipinski definition) is 2. The Morgan fingerprint density at radius 3 is 2.40 bits per heavy atom. The lowest BCUT2D eigenvalue weighted by molar-refractivity contribution is -0.222. The Labute approximate surface area is 61.1 Å². The van der Waals surface area contributed by atoms with E-state index in [9.17, 15) is 0 Å². The molecule has 0 aromatic rings. The first-order valence-corrected chi connectivity index (χ1v) is 3.07. The molecule has 0 heterocycles. The lowest BCUT2D eigenvalue weighted by Gasteiger charge is -2.12. The first-order valence-electron chi connectivity index (χ1n) is 3.07. The van der Waals surface area contributed by atoms with Crippen LogP contribution in [0.15, 0.2) is 0 Å². The fraction of sp³-hybridized carbons (Fsp3) is 1.00. The van der Waals surface area contributed by atoms with Gasteiger partial charge in [-0.25, -0.2) is 0 Å². The zero-order chi connectivity index (χ0) is 7.98. The number of hydroxylamine groups is 1. The second-order valence-electron chi connectivity index (χ2n) is 2.27. The number of nitrogens with one attached hydrogen (secondary N) is 1. The van der Waals surface area contributed by atoms with Crippen LogP contribution in [0.5, 0.6) is 0 Å². The first-order chi connectivity index (χ1) is 4.63. The van der Waals surface area contributed by atoms with Gasteiger partial charge in [-0.3, -0.25) is 10.0 Å². The van der Waals surface area contributed by atoms with Crippen molar-refractivity contribution in [3.05, 3.63) is 0 Å². The van der Waals surface area contributed by atoms with Gasteiger partial charge in [0.25, 0.3) is 0 Å². The van der Waals surface area contributed by atoms with Crippen molar-refractivity contribution >= 4 is 0 Å². The second-order valence-corrected chi connectivity index (χ2v) is 2.27. The van der Waals surface area contributed by atoms with E-state index >= 15 is 0 Å². The minimum Gasteiger partial charge on any atom is -0.307 e. The summed E-state index contributed by atoms with van der Waals surface area (Å²) in [6, 6.07) is 0. The highest BCUT2D eigenvalue weighted by Gasteiger charge is 1.90. The second kappa shape index (κ2) is 5.57. The maximum Gasteiger partial charge on any atom is 0.0826 e. The van der Waals surface area contributed by atoms with Gasteiger partial charge in [-0.1, -0.05) is 0 Å². The Hall–Kier alpha value is -0.200. The third kappa shape index (κ3) is 7.80. The third-order valence-electron chi connectivity index (χ3n) is 0.837. The van der Waals surface area contributed by atoms with Gasteiger partial charge in [-0.15, -0.1) is 10.8 Å². The van der Waals surface area contributed by atoms with Crippen molar-refractivity contribution in [2.75, 3.05) is 34.3 Å². The molecule has 5 heteroatoms. The van der Waals surface area contributed by atoms with Crippen molar-refractivity contribution in [3.8, 4) is 0 Å². The van der Waals surface area contributed by atoms with Crippen molar-refractivity contribution in [2.24, 2.45) is 0 Å². The first kappa shape index (κ1) is 9.80. The van der Waals surface area contributed by atoms with E-state index in [0.29, 0.717) is 6.61 Å². The molecule has 0 bridgehead atoms. The summed E-state index contributed by atoms with van der Waals surface area (Å²) < 4.78 is 0. The molecule has 0 aliphatic rings. The molecule has 62 valence electrons. The number of hydrazine groups is 1. The third-order valence-corrected chi connectivity index (χ3v) is 0.837. The van der Waals surface area contributed by atoms with Crippen LogP contribution >= 0.6 is 0 Å². The smallest absolute Gasteiger partial charge is 0.0826 e. The molecule has 5 nitrogen and oxygen atoms in total. The van der Waals surface area contributed by atoms with Gasteiger partial charge in [0.2, 0.25) is 0 Å². The molecule has 0 rings (SSSR count). The molecule has 0 aromatic carbocycles. The summed E-state index contributed by atoms with van der Waals surface area (Å²) in [5.74, 6) is 0. The van der Waals surface area contributed by atoms with Crippen molar-refractivity contribution in [2.45, 2.75) is 0 Å². The van der Waals surface area contributed by atoms with Crippen LogP contribution in [0.3, 0.4) is 0 Å². The zero-order valence-corrected chi connectivity index (χ0v) is 6.66. The van der Waals surface area contributed by atoms with Crippen molar-refractivity contribution in [3.63, 3.8) is 0 Å². The van der Waals surface area contributed by atoms with E-state index in [1.807, 2.05) is 19.0 Å². The van der Waals surface area contributed by atoms with Crippen LogP contribution in [-0.2, 0) is 4.84 Å². The van der Waals surface area contributed by atoms with Gasteiger partial charge in [0.05, 0.1) is 6.61 Å². The fourth-order valence-electron chi connectivity index (χ4n) is 0.367. The van der Waals surface area contributed by atoms with Crippen molar-refractivity contribution < 1.29 is 10.0 Å². The normalized spacial score (nSPS) is 11.4. The minimum atomic E-state index is 0.540. The Morgan fingerprint density at radius 1 is 1.40 bits per heavy atom. The predicted molar refractivity (Wildman–Crippen MR) is 37.2 cm³/mol. The Morgan fingerprint density at radius 2 is 2.00 bits per heavy atom. The van der Waals surface area contributed by atoms with E-state index in [1.165, 1.54) is 7.05 Å². The number of hydrogen-bond acceptors (Lipinski definition) is 5. The van der Waals surface area contributed by atoms with Gasteiger partial charge in [-0.2, -0.15) is 0 Å². The highest BCUT2D eigenvalue weighted by Crippen LogP contribution is 1.74. The molecule has 0 fully saturated rings. The largest absolute Gasteiger partial charge is 0.307 e. The standard InChI is InChI=1S/C5H15N3O2/c1-7(2)4-5-10-6-8(3)9/h6,9H,4-5H2,1-3H3. The number of nitrogens with zero attached hydrogens (tertiary/aromatic N) is 2. The van der Waals surface area contributed by atoms with E-state index in [-0.39, 0.29) is 0 Å². The molecule has 0 saturated carbocycles. The summed E-state index contributed by atoms with van der Waals surface area (Å²) in [6.07, 6.45) is 0. The lowest BCUT2D eigenvalue weighted by atomic mass is 10.6. The molecule has 0 aliphatic heterocycles. The van der Waals surface area contributed by atoms with E-state index in [4.69, 9.17) is 10.0 Å². The molecular weight excluding hydrogens is 134 g/mol. The van der Waals surface area contributed by atoms with Crippen molar-refractivity contribution in [1.29, 1.82) is 0 Å². The van der Waals surface area contributed by atoms with Gasteiger partial charge in [0.1, 0.15) is 0 Å². The highest BCUT2D eigenvalue weighted by atomic mass is 16.7. The van der Waals surface area contributed by atoms with Gasteiger partial charge in [0, 0.05) is 13.6 Å². The van der Waals surface area contributed by atoms with Crippen LogP contribution in [0.1, 0.15) is 0 Å². The van der Waals surface area contributed by atoms with Crippen LogP contribution in [0.2, 0.25) is 0 Å². The van der Waals surface area contributed by atoms with E-state index < -0.39 is 0 Å². The summed E-state index contributed by atoms with van der Waals surface area (Å²) in [5, 5.41) is 9.26. The van der Waals surface area contributed by atoms with E-state index in [0.717, 1.165) is 11.7 Å². The molecule has 0 aromatic heterocycles. The minimum absolute atomic E-state index is 0.540. The number of rotatable bonds is 5. The maximum atomic E-state index is 8.50. The Bertz CT molecular complexity index is 67.3. The van der Waals surface area contributed by atoms with Crippen LogP contribution in [0.25, 0.3) is 0 Å². The summed E-state index contributed by atoms with van der Waals surface area (Å²) in [4.78, 5) is 6.78. The predicted octanol–water partition coefficient (Wildman–Crippen LogP) is -0.695. The van der Waals surface area contributed by atoms with Crippen LogP contribution in [0.4, 0.5) is 0 Å². The molecule has 0 spiro atoms. The molecule has 0 atom stereocenters. The quantitative estimate of drug-likeness (QED) is 0.400. The SMILES string of the molecule is CN(C)CCONN(C)O. The monoisotopic (exact) mass is 149 g/mol. The van der Waals surface area contributed by atoms with Gasteiger partial charge in [0.15, 0.2) is 0 Å². The van der Waals surface area contributed by atoms with E-state index in [1.54, 1.807) is 0 Å². The fourth-order valence-corrected chi connectivity index (χ4v) is 0.367. The van der Waals surface area contributed by atoms with Crippen LogP contribution < -0.4 is 5.59 Å². The van der Waals surface area contributed by atoms with Gasteiger partial charge in [-0.05, 0) is 14.1 Å². The Kier molecular flexibility index (Phi) is 5.46. The highest BCUT2D eigenvalue weighted by molar-refractivity contribution is 4.36. The average Bonchev–Trinajstić information content (AvgIpc) is 1.79. The van der Waals surface area contributed by atoms with Gasteiger partial charge < -0.3 is 4.90 Å². The summed E-state index contributed by atoms with van der Waals surface area (Å²) in [5.41, 5.74) is 2.26. The van der Waals surface area contributed by atoms with Crippen molar-refractivity contribution in [1.82, 2.24) is 15.7 Å². The summed E-state index contributed by atoms with van der Waals surface area (Å²) in [7, 11) is 5.34. The number of likely N-dealkylation sites (N-methyl/N-ethyl adjacent to an activating group) is 1. The Balaban J connectivity index is 2.91. The maximum absolute atomic E-state index is 8.50. The van der Waals surface area contributed by atoms with Gasteiger partial charge >= 0.3 is 0 Å². The summed E-state index contributed by atoms with van der Waals surface area (Å²) in [6.45, 7) is 1.36. The molecule has 0 saturated heterocycles. The molecule has 0 radical (unpaired) electrons. The summed E-state index contributed by atoms with van der Waals surface area (Å²) >= 11 is 0. The van der Waals surface area contributed by atoms with Crippen LogP contribution in [-0.4, -0.2) is 49.6 Å². The molecular formula is C5H15N3O2. The van der Waals surface area contributed by atoms with E-state index in [2.05, 4.69) is 5.59 Å². The average molecular weight is 149 g/mol. The molecule has 2 N–H and O–H groups in total. The zero-order valence-electron chi connectivity index (χ0n) is 6.66. The lowest BCUT2D eigenvalue weighted by Crippen LogP contribution is -2.33. The topological polar surface area (TPSA) is 48.0 Å². The molecule has 0 unspecified atom stereocenters.